The summed E-state index contributed by atoms with van der Waals surface area (Å²) in [5.41, 5.74) is 1.89. The predicted octanol–water partition coefficient (Wildman–Crippen LogP) is 2.79. The second-order valence-corrected chi connectivity index (χ2v) is 6.54. The Morgan fingerprint density at radius 2 is 2.15 bits per heavy atom. The van der Waals surface area contributed by atoms with Crippen LogP contribution >= 0.6 is 15.9 Å². The first kappa shape index (κ1) is 14.0. The van der Waals surface area contributed by atoms with Crippen LogP contribution in [0, 0.1) is 5.82 Å². The van der Waals surface area contributed by atoms with Crippen molar-refractivity contribution in [2.45, 2.75) is 37.8 Å². The van der Waals surface area contributed by atoms with Crippen LogP contribution in [0.3, 0.4) is 0 Å². The molecule has 1 aliphatic heterocycles. The number of fused-ring (bicyclic) bond motifs is 1. The third-order valence-electron chi connectivity index (χ3n) is 4.34. The molecule has 2 aliphatic rings. The average molecular weight is 341 g/mol. The molecule has 20 heavy (non-hydrogen) atoms. The fourth-order valence-corrected chi connectivity index (χ4v) is 3.92. The average Bonchev–Trinajstić information content (AvgIpc) is 2.83. The van der Waals surface area contributed by atoms with E-state index in [2.05, 4.69) is 21.2 Å². The molecule has 0 aromatic heterocycles. The molecule has 1 amide bonds. The van der Waals surface area contributed by atoms with Gasteiger partial charge in [0.1, 0.15) is 5.82 Å². The minimum atomic E-state index is -0.108. The van der Waals surface area contributed by atoms with Gasteiger partial charge in [0, 0.05) is 36.6 Å². The quantitative estimate of drug-likeness (QED) is 0.897. The van der Waals surface area contributed by atoms with Gasteiger partial charge in [0.15, 0.2) is 0 Å². The lowest BCUT2D eigenvalue weighted by Crippen LogP contribution is -2.47. The minimum absolute atomic E-state index is 0.108. The molecule has 1 aromatic carbocycles. The summed E-state index contributed by atoms with van der Waals surface area (Å²) in [6, 6.07) is 3.79. The summed E-state index contributed by atoms with van der Waals surface area (Å²) in [5.74, 6) is 0.102. The third-order valence-corrected chi connectivity index (χ3v) is 5.03. The van der Waals surface area contributed by atoms with Crippen molar-refractivity contribution in [3.8, 4) is 0 Å². The molecule has 0 spiro atoms. The molecular weight excluding hydrogens is 323 g/mol. The number of amides is 1. The number of nitrogens with zero attached hydrogens (tertiary/aromatic N) is 1. The zero-order valence-electron chi connectivity index (χ0n) is 11.5. The van der Waals surface area contributed by atoms with E-state index in [0.717, 1.165) is 41.4 Å². The Morgan fingerprint density at radius 1 is 1.35 bits per heavy atom. The van der Waals surface area contributed by atoms with Gasteiger partial charge in [-0.1, -0.05) is 15.9 Å². The summed E-state index contributed by atoms with van der Waals surface area (Å²) in [4.78, 5) is 13.3. The number of carbonyl (C=O) groups is 1. The molecule has 108 valence electrons. The van der Waals surface area contributed by atoms with Crippen molar-refractivity contribution in [2.75, 3.05) is 13.6 Å². The van der Waals surface area contributed by atoms with Crippen LogP contribution in [-0.4, -0.2) is 30.4 Å². The molecule has 0 radical (unpaired) electrons. The second-order valence-electron chi connectivity index (χ2n) is 5.69. The maximum Gasteiger partial charge on any atom is 0.222 e. The molecule has 2 atom stereocenters. The standard InChI is InChI=1S/C15H18BrFN2O/c1-19-8-9(2-7-14(19)20)18-13-6-3-10-12(17)5-4-11(16)15(10)13/h4-5,9,13,18H,2-3,6-8H2,1H3/t9-,13+/m1/s1. The number of likely N-dealkylation sites (tertiary alicyclic amines) is 1. The van der Waals surface area contributed by atoms with Crippen LogP contribution < -0.4 is 5.32 Å². The number of hydrogen-bond acceptors (Lipinski definition) is 2. The molecule has 1 heterocycles. The Kier molecular flexibility index (Phi) is 3.82. The number of halogens is 2. The van der Waals surface area contributed by atoms with Crippen molar-refractivity contribution in [1.82, 2.24) is 10.2 Å². The van der Waals surface area contributed by atoms with Crippen LogP contribution in [0.25, 0.3) is 0 Å². The summed E-state index contributed by atoms with van der Waals surface area (Å²) >= 11 is 3.54. The summed E-state index contributed by atoms with van der Waals surface area (Å²) in [7, 11) is 1.84. The van der Waals surface area contributed by atoms with Gasteiger partial charge in [0.25, 0.3) is 0 Å². The summed E-state index contributed by atoms with van der Waals surface area (Å²) in [6.07, 6.45) is 3.16. The van der Waals surface area contributed by atoms with Crippen molar-refractivity contribution < 1.29 is 9.18 Å². The Hall–Kier alpha value is -0.940. The predicted molar refractivity (Wildman–Crippen MR) is 79.0 cm³/mol. The lowest BCUT2D eigenvalue weighted by atomic mass is 10.0. The number of carbonyl (C=O) groups excluding carboxylic acids is 1. The highest BCUT2D eigenvalue weighted by Gasteiger charge is 2.31. The van der Waals surface area contributed by atoms with Crippen LogP contribution in [0.5, 0.6) is 0 Å². The molecule has 1 aromatic rings. The van der Waals surface area contributed by atoms with Crippen LogP contribution in [0.1, 0.15) is 36.4 Å². The van der Waals surface area contributed by atoms with E-state index in [1.54, 1.807) is 11.0 Å². The highest BCUT2D eigenvalue weighted by molar-refractivity contribution is 9.10. The number of nitrogens with one attached hydrogen (secondary N) is 1. The van der Waals surface area contributed by atoms with E-state index < -0.39 is 0 Å². The van der Waals surface area contributed by atoms with Gasteiger partial charge in [-0.25, -0.2) is 4.39 Å². The molecule has 0 saturated carbocycles. The van der Waals surface area contributed by atoms with Crippen LogP contribution in [-0.2, 0) is 11.2 Å². The van der Waals surface area contributed by atoms with Crippen molar-refractivity contribution in [2.24, 2.45) is 0 Å². The van der Waals surface area contributed by atoms with E-state index in [1.165, 1.54) is 6.07 Å². The van der Waals surface area contributed by atoms with Gasteiger partial charge in [0.2, 0.25) is 5.91 Å². The minimum Gasteiger partial charge on any atom is -0.344 e. The van der Waals surface area contributed by atoms with Crippen molar-refractivity contribution in [3.63, 3.8) is 0 Å². The lowest BCUT2D eigenvalue weighted by Gasteiger charge is -2.32. The van der Waals surface area contributed by atoms with E-state index in [0.29, 0.717) is 12.5 Å². The number of piperidine rings is 1. The number of benzene rings is 1. The van der Waals surface area contributed by atoms with Gasteiger partial charge >= 0.3 is 0 Å². The molecule has 0 unspecified atom stereocenters. The molecule has 1 saturated heterocycles. The van der Waals surface area contributed by atoms with Crippen LogP contribution in [0.2, 0.25) is 0 Å². The third kappa shape index (κ3) is 2.49. The topological polar surface area (TPSA) is 32.3 Å². The van der Waals surface area contributed by atoms with Gasteiger partial charge in [-0.2, -0.15) is 0 Å². The Bertz CT molecular complexity index is 549. The normalized spacial score (nSPS) is 25.9. The first-order valence-corrected chi connectivity index (χ1v) is 7.82. The van der Waals surface area contributed by atoms with E-state index in [1.807, 2.05) is 7.05 Å². The summed E-state index contributed by atoms with van der Waals surface area (Å²) in [5, 5.41) is 3.60. The van der Waals surface area contributed by atoms with Crippen LogP contribution in [0.15, 0.2) is 16.6 Å². The Balaban J connectivity index is 1.76. The van der Waals surface area contributed by atoms with E-state index in [4.69, 9.17) is 0 Å². The highest BCUT2D eigenvalue weighted by atomic mass is 79.9. The Morgan fingerprint density at radius 3 is 2.90 bits per heavy atom. The maximum atomic E-state index is 13.8. The molecule has 3 rings (SSSR count). The van der Waals surface area contributed by atoms with Gasteiger partial charge in [-0.3, -0.25) is 4.79 Å². The Labute approximate surface area is 126 Å². The van der Waals surface area contributed by atoms with Crippen molar-refractivity contribution in [3.05, 3.63) is 33.5 Å². The van der Waals surface area contributed by atoms with Gasteiger partial charge in [0.05, 0.1) is 0 Å². The fraction of sp³-hybridized carbons (Fsp3) is 0.533. The zero-order chi connectivity index (χ0) is 14.3. The van der Waals surface area contributed by atoms with E-state index in [9.17, 15) is 9.18 Å². The summed E-state index contributed by atoms with van der Waals surface area (Å²) < 4.78 is 14.8. The fourth-order valence-electron chi connectivity index (χ4n) is 3.27. The van der Waals surface area contributed by atoms with E-state index in [-0.39, 0.29) is 17.8 Å². The molecular formula is C15H18BrFN2O. The largest absolute Gasteiger partial charge is 0.344 e. The molecule has 0 bridgehead atoms. The number of rotatable bonds is 2. The van der Waals surface area contributed by atoms with E-state index >= 15 is 0 Å². The SMILES string of the molecule is CN1C[C@H](N[C@H]2CCc3c(F)ccc(Br)c32)CCC1=O. The molecule has 3 nitrogen and oxygen atoms in total. The van der Waals surface area contributed by atoms with Crippen molar-refractivity contribution >= 4 is 21.8 Å². The monoisotopic (exact) mass is 340 g/mol. The first-order chi connectivity index (χ1) is 9.56. The highest BCUT2D eigenvalue weighted by Crippen LogP contribution is 2.38. The van der Waals surface area contributed by atoms with Gasteiger partial charge in [-0.05, 0) is 42.5 Å². The van der Waals surface area contributed by atoms with Gasteiger partial charge in [-0.15, -0.1) is 0 Å². The van der Waals surface area contributed by atoms with Crippen molar-refractivity contribution in [1.29, 1.82) is 0 Å². The lowest BCUT2D eigenvalue weighted by molar-refractivity contribution is -0.132. The molecule has 1 aliphatic carbocycles. The smallest absolute Gasteiger partial charge is 0.222 e. The number of hydrogen-bond donors (Lipinski definition) is 1. The zero-order valence-corrected chi connectivity index (χ0v) is 13.0. The molecule has 1 N–H and O–H groups in total. The second kappa shape index (κ2) is 5.45. The number of likely N-dealkylation sites (N-methyl/N-ethyl adjacent to an activating group) is 1. The molecule has 1 fully saturated rings. The van der Waals surface area contributed by atoms with Gasteiger partial charge < -0.3 is 10.2 Å². The molecule has 5 heteroatoms. The first-order valence-electron chi connectivity index (χ1n) is 7.03. The van der Waals surface area contributed by atoms with Crippen LogP contribution in [0.4, 0.5) is 4.39 Å². The maximum absolute atomic E-state index is 13.8. The summed E-state index contributed by atoms with van der Waals surface area (Å²) in [6.45, 7) is 0.734.